The molecule has 0 aliphatic rings. The second-order valence-electron chi connectivity index (χ2n) is 7.44. The van der Waals surface area contributed by atoms with Crippen LogP contribution in [0.3, 0.4) is 0 Å². The minimum atomic E-state index is -4.48. The SMILES string of the molecule is CCN(c1nc(-c2cccc3ccccc23)c2[nH]ncc2n1)c1ccc(C(F)(F)F)cc1Cl. The molecule has 0 aliphatic heterocycles. The minimum absolute atomic E-state index is 0.0331. The van der Waals surface area contributed by atoms with E-state index < -0.39 is 11.7 Å². The summed E-state index contributed by atoms with van der Waals surface area (Å²) in [6.07, 6.45) is -2.88. The van der Waals surface area contributed by atoms with Gasteiger partial charge in [0, 0.05) is 12.1 Å². The summed E-state index contributed by atoms with van der Waals surface area (Å²) < 4.78 is 39.3. The first-order valence-corrected chi connectivity index (χ1v) is 10.6. The second-order valence-corrected chi connectivity index (χ2v) is 7.84. The molecule has 5 rings (SSSR count). The van der Waals surface area contributed by atoms with Gasteiger partial charge in [-0.2, -0.15) is 18.3 Å². The quantitative estimate of drug-likeness (QED) is 0.309. The molecule has 33 heavy (non-hydrogen) atoms. The largest absolute Gasteiger partial charge is 0.416 e. The summed E-state index contributed by atoms with van der Waals surface area (Å²) in [5, 5.41) is 9.13. The molecule has 5 nitrogen and oxygen atoms in total. The van der Waals surface area contributed by atoms with E-state index in [-0.39, 0.29) is 5.02 Å². The van der Waals surface area contributed by atoms with Crippen LogP contribution in [0.2, 0.25) is 5.02 Å². The Morgan fingerprint density at radius 3 is 2.55 bits per heavy atom. The number of rotatable bonds is 4. The molecule has 0 aliphatic carbocycles. The van der Waals surface area contributed by atoms with Crippen LogP contribution < -0.4 is 4.90 Å². The lowest BCUT2D eigenvalue weighted by molar-refractivity contribution is -0.137. The van der Waals surface area contributed by atoms with E-state index in [0.29, 0.717) is 34.9 Å². The zero-order valence-corrected chi connectivity index (χ0v) is 18.1. The van der Waals surface area contributed by atoms with Crippen molar-refractivity contribution in [1.29, 1.82) is 0 Å². The molecule has 0 unspecified atom stereocenters. The van der Waals surface area contributed by atoms with E-state index in [1.807, 2.05) is 49.4 Å². The third-order valence-corrected chi connectivity index (χ3v) is 5.76. The molecule has 5 aromatic rings. The van der Waals surface area contributed by atoms with Crippen molar-refractivity contribution in [1.82, 2.24) is 20.2 Å². The average Bonchev–Trinajstić information content (AvgIpc) is 3.28. The molecule has 0 atom stereocenters. The van der Waals surface area contributed by atoms with E-state index in [9.17, 15) is 13.2 Å². The molecule has 166 valence electrons. The van der Waals surface area contributed by atoms with Crippen molar-refractivity contribution < 1.29 is 13.2 Å². The van der Waals surface area contributed by atoms with E-state index in [1.54, 1.807) is 11.1 Å². The summed E-state index contributed by atoms with van der Waals surface area (Å²) in [4.78, 5) is 11.1. The number of nitrogens with zero attached hydrogens (tertiary/aromatic N) is 4. The minimum Gasteiger partial charge on any atom is -0.309 e. The van der Waals surface area contributed by atoms with Gasteiger partial charge in [-0.15, -0.1) is 0 Å². The number of nitrogens with one attached hydrogen (secondary N) is 1. The fourth-order valence-corrected chi connectivity index (χ4v) is 4.18. The number of benzene rings is 3. The molecule has 9 heteroatoms. The molecule has 0 radical (unpaired) electrons. The Bertz CT molecular complexity index is 1470. The lowest BCUT2D eigenvalue weighted by atomic mass is 10.0. The highest BCUT2D eigenvalue weighted by atomic mass is 35.5. The van der Waals surface area contributed by atoms with Gasteiger partial charge in [0.1, 0.15) is 16.7 Å². The highest BCUT2D eigenvalue weighted by Gasteiger charge is 2.31. The van der Waals surface area contributed by atoms with E-state index in [2.05, 4.69) is 15.2 Å². The van der Waals surface area contributed by atoms with Gasteiger partial charge in [0.15, 0.2) is 0 Å². The molecule has 2 aromatic heterocycles. The first kappa shape index (κ1) is 21.2. The van der Waals surface area contributed by atoms with Crippen molar-refractivity contribution in [3.8, 4) is 11.3 Å². The van der Waals surface area contributed by atoms with Gasteiger partial charge in [0.2, 0.25) is 5.95 Å². The van der Waals surface area contributed by atoms with E-state index >= 15 is 0 Å². The summed E-state index contributed by atoms with van der Waals surface area (Å²) in [6.45, 7) is 2.25. The van der Waals surface area contributed by atoms with Gasteiger partial charge in [-0.25, -0.2) is 9.97 Å². The van der Waals surface area contributed by atoms with Crippen molar-refractivity contribution in [2.75, 3.05) is 11.4 Å². The molecular formula is C24H17ClF3N5. The van der Waals surface area contributed by atoms with Crippen molar-refractivity contribution in [3.05, 3.63) is 77.4 Å². The van der Waals surface area contributed by atoms with Gasteiger partial charge in [-0.05, 0) is 35.9 Å². The monoisotopic (exact) mass is 467 g/mol. The average molecular weight is 468 g/mol. The molecule has 0 saturated heterocycles. The van der Waals surface area contributed by atoms with Crippen LogP contribution in [0, 0.1) is 0 Å². The molecule has 0 saturated carbocycles. The summed E-state index contributed by atoms with van der Waals surface area (Å²) in [5.41, 5.74) is 2.37. The molecule has 0 amide bonds. The van der Waals surface area contributed by atoms with Crippen LogP contribution in [0.1, 0.15) is 12.5 Å². The third kappa shape index (κ3) is 3.76. The Morgan fingerprint density at radius 2 is 1.79 bits per heavy atom. The Morgan fingerprint density at radius 1 is 1.00 bits per heavy atom. The van der Waals surface area contributed by atoms with Gasteiger partial charge in [-0.3, -0.25) is 5.10 Å². The number of hydrogen-bond donors (Lipinski definition) is 1. The highest BCUT2D eigenvalue weighted by Crippen LogP contribution is 2.38. The number of hydrogen-bond acceptors (Lipinski definition) is 4. The smallest absolute Gasteiger partial charge is 0.309 e. The van der Waals surface area contributed by atoms with Gasteiger partial charge in [0.25, 0.3) is 0 Å². The van der Waals surface area contributed by atoms with Gasteiger partial charge < -0.3 is 4.90 Å². The Kier molecular flexibility index (Phi) is 5.17. The van der Waals surface area contributed by atoms with E-state index in [0.717, 1.165) is 28.5 Å². The second kappa shape index (κ2) is 8.04. The van der Waals surface area contributed by atoms with Crippen molar-refractivity contribution in [2.45, 2.75) is 13.1 Å². The summed E-state index contributed by atoms with van der Waals surface area (Å²) >= 11 is 6.28. The maximum Gasteiger partial charge on any atom is 0.416 e. The van der Waals surface area contributed by atoms with Crippen LogP contribution in [0.25, 0.3) is 33.1 Å². The molecule has 0 fully saturated rings. The summed E-state index contributed by atoms with van der Waals surface area (Å²) in [5.74, 6) is 0.316. The Labute approximate surface area is 191 Å². The molecule has 0 spiro atoms. The molecule has 1 N–H and O–H groups in total. The zero-order valence-electron chi connectivity index (χ0n) is 17.4. The van der Waals surface area contributed by atoms with Gasteiger partial charge in [0.05, 0.1) is 22.5 Å². The fraction of sp³-hybridized carbons (Fsp3) is 0.125. The number of anilines is 2. The Hall–Kier alpha value is -3.65. The number of halogens is 4. The maximum absolute atomic E-state index is 13.1. The van der Waals surface area contributed by atoms with E-state index in [1.165, 1.54) is 6.07 Å². The highest BCUT2D eigenvalue weighted by molar-refractivity contribution is 6.33. The molecule has 0 bridgehead atoms. The van der Waals surface area contributed by atoms with Crippen LogP contribution in [0.5, 0.6) is 0 Å². The fourth-order valence-electron chi connectivity index (χ4n) is 3.90. The number of H-pyrrole nitrogens is 1. The van der Waals surface area contributed by atoms with Crippen LogP contribution >= 0.6 is 11.6 Å². The molecule has 3 aromatic carbocycles. The van der Waals surface area contributed by atoms with Crippen LogP contribution in [0.4, 0.5) is 24.8 Å². The topological polar surface area (TPSA) is 57.7 Å². The summed E-state index contributed by atoms with van der Waals surface area (Å²) in [7, 11) is 0. The predicted octanol–water partition coefficient (Wildman–Crippen LogP) is 7.00. The van der Waals surface area contributed by atoms with Crippen LogP contribution in [-0.4, -0.2) is 26.7 Å². The van der Waals surface area contributed by atoms with Crippen LogP contribution in [-0.2, 0) is 6.18 Å². The summed E-state index contributed by atoms with van der Waals surface area (Å²) in [6, 6.07) is 17.2. The molecular weight excluding hydrogens is 451 g/mol. The normalized spacial score (nSPS) is 11.9. The van der Waals surface area contributed by atoms with Crippen molar-refractivity contribution in [2.24, 2.45) is 0 Å². The lowest BCUT2D eigenvalue weighted by Gasteiger charge is -2.23. The van der Waals surface area contributed by atoms with Crippen LogP contribution in [0.15, 0.2) is 66.9 Å². The predicted molar refractivity (Wildman–Crippen MR) is 124 cm³/mol. The molecule has 2 heterocycles. The van der Waals surface area contributed by atoms with Gasteiger partial charge >= 0.3 is 6.18 Å². The number of aromatic amines is 1. The van der Waals surface area contributed by atoms with E-state index in [4.69, 9.17) is 16.6 Å². The number of aromatic nitrogens is 4. The maximum atomic E-state index is 13.1. The first-order chi connectivity index (χ1) is 15.9. The first-order valence-electron chi connectivity index (χ1n) is 10.2. The van der Waals surface area contributed by atoms with Crippen molar-refractivity contribution >= 4 is 45.0 Å². The third-order valence-electron chi connectivity index (χ3n) is 5.46. The lowest BCUT2D eigenvalue weighted by Crippen LogP contribution is -2.20. The number of fused-ring (bicyclic) bond motifs is 2. The van der Waals surface area contributed by atoms with Gasteiger partial charge in [-0.1, -0.05) is 54.1 Å². The Balaban J connectivity index is 1.70. The zero-order chi connectivity index (χ0) is 23.2. The van der Waals surface area contributed by atoms with Crippen molar-refractivity contribution in [3.63, 3.8) is 0 Å². The number of alkyl halides is 3. The standard InChI is InChI=1S/C24H17ClF3N5/c1-2-33(20-11-10-15(12-18(20)25)24(26,27)28)23-30-19-13-29-32-22(19)21(31-23)17-9-5-7-14-6-3-4-8-16(14)17/h3-13H,2H2,1H3,(H,29,32).